The van der Waals surface area contributed by atoms with Crippen LogP contribution in [0.4, 0.5) is 5.69 Å². The third kappa shape index (κ3) is 2.94. The minimum Gasteiger partial charge on any atom is -0.448 e. The summed E-state index contributed by atoms with van der Waals surface area (Å²) in [7, 11) is 0. The van der Waals surface area contributed by atoms with Gasteiger partial charge < -0.3 is 9.73 Å². The summed E-state index contributed by atoms with van der Waals surface area (Å²) in [6, 6.07) is 10.7. The van der Waals surface area contributed by atoms with Crippen LogP contribution in [0.1, 0.15) is 11.3 Å². The number of nitriles is 1. The maximum Gasteiger partial charge on any atom is 0.193 e. The molecule has 0 saturated carbocycles. The number of benzene rings is 1. The molecule has 0 bridgehead atoms. The molecular weight excluding hydrogens is 259 g/mol. The summed E-state index contributed by atoms with van der Waals surface area (Å²) >= 11 is 11.5. The monoisotopic (exact) mass is 266 g/mol. The molecule has 0 radical (unpaired) electrons. The first-order chi connectivity index (χ1) is 8.19. The predicted octanol–water partition coefficient (Wildman–Crippen LogP) is 4.07. The number of rotatable bonds is 3. The van der Waals surface area contributed by atoms with Crippen LogP contribution in [0.15, 0.2) is 34.7 Å². The van der Waals surface area contributed by atoms with Crippen molar-refractivity contribution < 1.29 is 4.42 Å². The molecule has 1 aromatic heterocycles. The first-order valence-corrected chi connectivity index (χ1v) is 5.62. The summed E-state index contributed by atoms with van der Waals surface area (Å²) in [5, 5.41) is 12.7. The molecule has 2 aromatic rings. The summed E-state index contributed by atoms with van der Waals surface area (Å²) in [6.07, 6.45) is 0. The lowest BCUT2D eigenvalue weighted by atomic mass is 10.2. The van der Waals surface area contributed by atoms with Gasteiger partial charge in [0, 0.05) is 5.69 Å². The van der Waals surface area contributed by atoms with Crippen molar-refractivity contribution in [1.29, 1.82) is 5.26 Å². The van der Waals surface area contributed by atoms with Gasteiger partial charge in [0.15, 0.2) is 5.22 Å². The molecule has 1 aromatic carbocycles. The van der Waals surface area contributed by atoms with Crippen LogP contribution in [-0.4, -0.2) is 0 Å². The van der Waals surface area contributed by atoms with Gasteiger partial charge in [-0.1, -0.05) is 11.6 Å². The maximum atomic E-state index is 8.83. The molecule has 2 rings (SSSR count). The molecular formula is C12H8Cl2N2O. The predicted molar refractivity (Wildman–Crippen MR) is 67.2 cm³/mol. The zero-order valence-corrected chi connectivity index (χ0v) is 10.2. The van der Waals surface area contributed by atoms with E-state index in [0.29, 0.717) is 22.4 Å². The lowest BCUT2D eigenvalue weighted by Gasteiger charge is -2.05. The third-order valence-corrected chi connectivity index (χ3v) is 2.72. The first-order valence-electron chi connectivity index (χ1n) is 4.87. The molecule has 0 aliphatic heterocycles. The van der Waals surface area contributed by atoms with E-state index < -0.39 is 0 Å². The quantitative estimate of drug-likeness (QED) is 0.911. The molecule has 0 fully saturated rings. The van der Waals surface area contributed by atoms with Crippen LogP contribution >= 0.6 is 23.2 Å². The standard InChI is InChI=1S/C12H8Cl2N2O/c13-11-3-1-9(5-8(11)6-15)16-7-10-2-4-12(14)17-10/h1-5,16H,7H2. The molecule has 0 aliphatic rings. The number of nitrogens with one attached hydrogen (secondary N) is 1. The molecule has 3 nitrogen and oxygen atoms in total. The van der Waals surface area contributed by atoms with E-state index in [1.807, 2.05) is 6.07 Å². The zero-order chi connectivity index (χ0) is 12.3. The third-order valence-electron chi connectivity index (χ3n) is 2.18. The summed E-state index contributed by atoms with van der Waals surface area (Å²) in [6.45, 7) is 0.499. The molecule has 1 heterocycles. The molecule has 1 N–H and O–H groups in total. The van der Waals surface area contributed by atoms with Crippen molar-refractivity contribution in [2.24, 2.45) is 0 Å². The van der Waals surface area contributed by atoms with Crippen molar-refractivity contribution in [3.63, 3.8) is 0 Å². The SMILES string of the molecule is N#Cc1cc(NCc2ccc(Cl)o2)ccc1Cl. The average Bonchev–Trinajstić information content (AvgIpc) is 2.74. The van der Waals surface area contributed by atoms with Gasteiger partial charge in [-0.25, -0.2) is 0 Å². The number of hydrogen-bond donors (Lipinski definition) is 1. The molecule has 0 saturated heterocycles. The van der Waals surface area contributed by atoms with E-state index in [1.54, 1.807) is 30.3 Å². The molecule has 0 unspecified atom stereocenters. The van der Waals surface area contributed by atoms with E-state index in [9.17, 15) is 0 Å². The van der Waals surface area contributed by atoms with Gasteiger partial charge in [-0.15, -0.1) is 0 Å². The second kappa shape index (κ2) is 5.13. The van der Waals surface area contributed by atoms with Gasteiger partial charge in [-0.3, -0.25) is 0 Å². The lowest BCUT2D eigenvalue weighted by Crippen LogP contribution is -1.98. The van der Waals surface area contributed by atoms with E-state index in [4.69, 9.17) is 32.9 Å². The fourth-order valence-corrected chi connectivity index (χ4v) is 1.68. The fraction of sp³-hybridized carbons (Fsp3) is 0.0833. The summed E-state index contributed by atoms with van der Waals surface area (Å²) < 4.78 is 5.20. The highest BCUT2D eigenvalue weighted by Crippen LogP contribution is 2.20. The summed E-state index contributed by atoms with van der Waals surface area (Å²) in [4.78, 5) is 0. The van der Waals surface area contributed by atoms with Crippen LogP contribution in [0.25, 0.3) is 0 Å². The smallest absolute Gasteiger partial charge is 0.193 e. The summed E-state index contributed by atoms with van der Waals surface area (Å²) in [5.74, 6) is 0.725. The van der Waals surface area contributed by atoms with E-state index in [2.05, 4.69) is 5.32 Å². The molecule has 86 valence electrons. The number of hydrogen-bond acceptors (Lipinski definition) is 3. The van der Waals surface area contributed by atoms with E-state index in [1.165, 1.54) is 0 Å². The highest BCUT2D eigenvalue weighted by Gasteiger charge is 2.03. The van der Waals surface area contributed by atoms with Crippen molar-refractivity contribution in [3.05, 3.63) is 51.9 Å². The number of furan rings is 1. The van der Waals surface area contributed by atoms with E-state index >= 15 is 0 Å². The Bertz CT molecular complexity index is 572. The average molecular weight is 267 g/mol. The lowest BCUT2D eigenvalue weighted by molar-refractivity contribution is 0.520. The van der Waals surface area contributed by atoms with Crippen LogP contribution in [0.2, 0.25) is 10.2 Å². The van der Waals surface area contributed by atoms with Gasteiger partial charge in [-0.2, -0.15) is 5.26 Å². The van der Waals surface area contributed by atoms with E-state index in [0.717, 1.165) is 11.4 Å². The Balaban J connectivity index is 2.07. The van der Waals surface area contributed by atoms with Gasteiger partial charge >= 0.3 is 0 Å². The van der Waals surface area contributed by atoms with Crippen molar-refractivity contribution in [2.45, 2.75) is 6.54 Å². The van der Waals surface area contributed by atoms with Gasteiger partial charge in [0.2, 0.25) is 0 Å². The van der Waals surface area contributed by atoms with Crippen LogP contribution < -0.4 is 5.32 Å². The van der Waals surface area contributed by atoms with Gasteiger partial charge in [0.1, 0.15) is 11.8 Å². The van der Waals surface area contributed by atoms with Crippen molar-refractivity contribution in [2.75, 3.05) is 5.32 Å². The Hall–Kier alpha value is -1.63. The van der Waals surface area contributed by atoms with Crippen molar-refractivity contribution >= 4 is 28.9 Å². The molecule has 5 heteroatoms. The Morgan fingerprint density at radius 2 is 2.06 bits per heavy atom. The van der Waals surface area contributed by atoms with Crippen LogP contribution in [0.5, 0.6) is 0 Å². The number of nitrogens with zero attached hydrogens (tertiary/aromatic N) is 1. The first kappa shape index (κ1) is 11.8. The molecule has 0 aliphatic carbocycles. The van der Waals surface area contributed by atoms with Gasteiger partial charge in [0.25, 0.3) is 0 Å². The zero-order valence-electron chi connectivity index (χ0n) is 8.71. The Labute approximate surface area is 109 Å². The minimum absolute atomic E-state index is 0.357. The molecule has 17 heavy (non-hydrogen) atoms. The van der Waals surface area contributed by atoms with Gasteiger partial charge in [0.05, 0.1) is 17.1 Å². The second-order valence-electron chi connectivity index (χ2n) is 3.37. The summed E-state index contributed by atoms with van der Waals surface area (Å²) in [5.41, 5.74) is 1.24. The van der Waals surface area contributed by atoms with Crippen molar-refractivity contribution in [3.8, 4) is 6.07 Å². The molecule has 0 atom stereocenters. The number of halogens is 2. The maximum absolute atomic E-state index is 8.83. The van der Waals surface area contributed by atoms with Crippen molar-refractivity contribution in [1.82, 2.24) is 0 Å². The van der Waals surface area contributed by atoms with Crippen LogP contribution in [0.3, 0.4) is 0 Å². The Morgan fingerprint density at radius 1 is 1.24 bits per heavy atom. The number of anilines is 1. The molecule has 0 spiro atoms. The largest absolute Gasteiger partial charge is 0.448 e. The molecule has 0 amide bonds. The fourth-order valence-electron chi connectivity index (χ4n) is 1.36. The van der Waals surface area contributed by atoms with E-state index in [-0.39, 0.29) is 0 Å². The second-order valence-corrected chi connectivity index (χ2v) is 4.15. The Kier molecular flexibility index (Phi) is 3.58. The minimum atomic E-state index is 0.357. The van der Waals surface area contributed by atoms with Gasteiger partial charge in [-0.05, 0) is 41.9 Å². The highest BCUT2D eigenvalue weighted by atomic mass is 35.5. The Morgan fingerprint density at radius 3 is 2.71 bits per heavy atom. The topological polar surface area (TPSA) is 49.0 Å². The normalized spacial score (nSPS) is 9.94. The van der Waals surface area contributed by atoms with Crippen LogP contribution in [-0.2, 0) is 6.54 Å². The highest BCUT2D eigenvalue weighted by molar-refractivity contribution is 6.31. The van der Waals surface area contributed by atoms with Crippen LogP contribution in [0, 0.1) is 11.3 Å².